The summed E-state index contributed by atoms with van der Waals surface area (Å²) in [6, 6.07) is 7.78. The third kappa shape index (κ3) is 2.51. The zero-order chi connectivity index (χ0) is 15.0. The Balaban J connectivity index is 1.63. The molecule has 1 aliphatic rings. The summed E-state index contributed by atoms with van der Waals surface area (Å²) in [6.07, 6.45) is 0.201. The molecule has 1 unspecified atom stereocenters. The van der Waals surface area contributed by atoms with Gasteiger partial charge in [-0.2, -0.15) is 5.10 Å². The van der Waals surface area contributed by atoms with Crippen molar-refractivity contribution < 1.29 is 9.53 Å². The highest BCUT2D eigenvalue weighted by Gasteiger charge is 2.28. The predicted molar refractivity (Wildman–Crippen MR) is 79.1 cm³/mol. The minimum atomic E-state index is -0.431. The first-order chi connectivity index (χ1) is 10.1. The Hall–Kier alpha value is -2.30. The molecule has 2 heterocycles. The Bertz CT molecular complexity index is 666. The smallest absolute Gasteiger partial charge is 0.261 e. The molecular formula is C16H19N3O2. The topological polar surface area (TPSA) is 56.2 Å². The molecular weight excluding hydrogens is 266 g/mol. The van der Waals surface area contributed by atoms with Crippen molar-refractivity contribution in [1.82, 2.24) is 15.1 Å². The van der Waals surface area contributed by atoms with Gasteiger partial charge in [-0.1, -0.05) is 18.2 Å². The maximum absolute atomic E-state index is 12.3. The number of rotatable bonds is 3. The van der Waals surface area contributed by atoms with E-state index in [2.05, 4.69) is 10.4 Å². The van der Waals surface area contributed by atoms with Crippen LogP contribution in [0.5, 0.6) is 5.75 Å². The largest absolute Gasteiger partial charge is 0.480 e. The van der Waals surface area contributed by atoms with Gasteiger partial charge in [0.2, 0.25) is 0 Å². The number of benzene rings is 1. The standard InChI is InChI=1S/C16H19N3O2/c1-10-13(11(2)19(3)18-10)9-17-16(20)15-8-12-6-4-5-7-14(12)21-15/h4-7,15H,8-9H2,1-3H3,(H,17,20). The van der Waals surface area contributed by atoms with Crippen molar-refractivity contribution in [3.05, 3.63) is 46.8 Å². The molecule has 0 spiro atoms. The van der Waals surface area contributed by atoms with Gasteiger partial charge in [0.15, 0.2) is 6.10 Å². The lowest BCUT2D eigenvalue weighted by Gasteiger charge is -2.11. The van der Waals surface area contributed by atoms with Gasteiger partial charge in [0.1, 0.15) is 5.75 Å². The Labute approximate surface area is 123 Å². The molecule has 0 radical (unpaired) electrons. The summed E-state index contributed by atoms with van der Waals surface area (Å²) in [5, 5.41) is 7.31. The second-order valence-corrected chi connectivity index (χ2v) is 5.41. The predicted octanol–water partition coefficient (Wildman–Crippen LogP) is 1.66. The van der Waals surface area contributed by atoms with Crippen molar-refractivity contribution >= 4 is 5.91 Å². The number of amides is 1. The van der Waals surface area contributed by atoms with Crippen molar-refractivity contribution in [3.8, 4) is 5.75 Å². The number of aryl methyl sites for hydroxylation is 2. The highest BCUT2D eigenvalue weighted by molar-refractivity contribution is 5.82. The maximum atomic E-state index is 12.3. The first kappa shape index (κ1) is 13.7. The molecule has 1 aromatic carbocycles. The fraction of sp³-hybridized carbons (Fsp3) is 0.375. The Morgan fingerprint density at radius 2 is 2.19 bits per heavy atom. The van der Waals surface area contributed by atoms with Crippen molar-refractivity contribution in [3.63, 3.8) is 0 Å². The summed E-state index contributed by atoms with van der Waals surface area (Å²) in [7, 11) is 1.91. The van der Waals surface area contributed by atoms with Gasteiger partial charge < -0.3 is 10.1 Å². The lowest BCUT2D eigenvalue weighted by atomic mass is 10.1. The Morgan fingerprint density at radius 3 is 2.86 bits per heavy atom. The van der Waals surface area contributed by atoms with E-state index in [-0.39, 0.29) is 5.91 Å². The minimum Gasteiger partial charge on any atom is -0.480 e. The van der Waals surface area contributed by atoms with Gasteiger partial charge in [0, 0.05) is 31.3 Å². The van der Waals surface area contributed by atoms with Crippen LogP contribution in [0, 0.1) is 13.8 Å². The third-order valence-corrected chi connectivity index (χ3v) is 4.04. The Kier molecular flexibility index (Phi) is 3.41. The molecule has 1 aliphatic heterocycles. The lowest BCUT2D eigenvalue weighted by Crippen LogP contribution is -2.37. The fourth-order valence-electron chi connectivity index (χ4n) is 2.69. The second kappa shape index (κ2) is 5.24. The van der Waals surface area contributed by atoms with Gasteiger partial charge in [0.25, 0.3) is 5.91 Å². The molecule has 5 heteroatoms. The number of nitrogens with one attached hydrogen (secondary N) is 1. The van der Waals surface area contributed by atoms with Crippen LogP contribution in [0.4, 0.5) is 0 Å². The number of hydrogen-bond donors (Lipinski definition) is 1. The van der Waals surface area contributed by atoms with Crippen LogP contribution in [-0.4, -0.2) is 21.8 Å². The van der Waals surface area contributed by atoms with E-state index in [0.29, 0.717) is 13.0 Å². The molecule has 0 aliphatic carbocycles. The summed E-state index contributed by atoms with van der Waals surface area (Å²) in [5.74, 6) is 0.736. The molecule has 21 heavy (non-hydrogen) atoms. The molecule has 1 aromatic heterocycles. The highest BCUT2D eigenvalue weighted by atomic mass is 16.5. The highest BCUT2D eigenvalue weighted by Crippen LogP contribution is 2.28. The van der Waals surface area contributed by atoms with Gasteiger partial charge in [-0.3, -0.25) is 9.48 Å². The summed E-state index contributed by atoms with van der Waals surface area (Å²) in [6.45, 7) is 4.44. The van der Waals surface area contributed by atoms with E-state index in [1.54, 1.807) is 0 Å². The molecule has 1 N–H and O–H groups in total. The maximum Gasteiger partial charge on any atom is 0.261 e. The lowest BCUT2D eigenvalue weighted by molar-refractivity contribution is -0.127. The van der Waals surface area contributed by atoms with E-state index in [0.717, 1.165) is 28.3 Å². The molecule has 0 saturated heterocycles. The quantitative estimate of drug-likeness (QED) is 0.933. The summed E-state index contributed by atoms with van der Waals surface area (Å²) >= 11 is 0. The second-order valence-electron chi connectivity index (χ2n) is 5.41. The molecule has 0 bridgehead atoms. The van der Waals surface area contributed by atoms with Crippen LogP contribution in [-0.2, 0) is 24.8 Å². The number of fused-ring (bicyclic) bond motifs is 1. The number of carbonyl (C=O) groups is 1. The monoisotopic (exact) mass is 285 g/mol. The Morgan fingerprint density at radius 1 is 1.43 bits per heavy atom. The number of ether oxygens (including phenoxy) is 1. The van der Waals surface area contributed by atoms with Crippen LogP contribution in [0.25, 0.3) is 0 Å². The molecule has 110 valence electrons. The zero-order valence-corrected chi connectivity index (χ0v) is 12.5. The number of carbonyl (C=O) groups excluding carboxylic acids is 1. The fourth-order valence-corrected chi connectivity index (χ4v) is 2.69. The molecule has 5 nitrogen and oxygen atoms in total. The van der Waals surface area contributed by atoms with Crippen molar-refractivity contribution in [2.24, 2.45) is 7.05 Å². The molecule has 1 amide bonds. The van der Waals surface area contributed by atoms with Crippen LogP contribution >= 0.6 is 0 Å². The SMILES string of the molecule is Cc1nn(C)c(C)c1CNC(=O)C1Cc2ccccc2O1. The molecule has 0 saturated carbocycles. The average molecular weight is 285 g/mol. The van der Waals surface area contributed by atoms with Gasteiger partial charge in [-0.15, -0.1) is 0 Å². The molecule has 2 aromatic rings. The zero-order valence-electron chi connectivity index (χ0n) is 12.5. The first-order valence-electron chi connectivity index (χ1n) is 7.07. The van der Waals surface area contributed by atoms with Crippen LogP contribution in [0.2, 0.25) is 0 Å². The number of hydrogen-bond acceptors (Lipinski definition) is 3. The number of nitrogens with zero attached hydrogens (tertiary/aromatic N) is 2. The van der Waals surface area contributed by atoms with E-state index < -0.39 is 6.10 Å². The third-order valence-electron chi connectivity index (χ3n) is 4.04. The van der Waals surface area contributed by atoms with E-state index in [1.165, 1.54) is 0 Å². The van der Waals surface area contributed by atoms with Crippen LogP contribution in [0.1, 0.15) is 22.5 Å². The van der Waals surface area contributed by atoms with Gasteiger partial charge >= 0.3 is 0 Å². The van der Waals surface area contributed by atoms with Crippen molar-refractivity contribution in [1.29, 1.82) is 0 Å². The first-order valence-corrected chi connectivity index (χ1v) is 7.07. The van der Waals surface area contributed by atoms with E-state index in [9.17, 15) is 4.79 Å². The van der Waals surface area contributed by atoms with Crippen molar-refractivity contribution in [2.75, 3.05) is 0 Å². The van der Waals surface area contributed by atoms with Crippen LogP contribution in [0.15, 0.2) is 24.3 Å². The molecule has 0 fully saturated rings. The minimum absolute atomic E-state index is 0.0751. The van der Waals surface area contributed by atoms with E-state index in [4.69, 9.17) is 4.74 Å². The molecule has 3 rings (SSSR count). The van der Waals surface area contributed by atoms with E-state index in [1.807, 2.05) is 49.8 Å². The van der Waals surface area contributed by atoms with Gasteiger partial charge in [0.05, 0.1) is 5.69 Å². The van der Waals surface area contributed by atoms with E-state index >= 15 is 0 Å². The summed E-state index contributed by atoms with van der Waals surface area (Å²) in [5.41, 5.74) is 4.18. The van der Waals surface area contributed by atoms with Crippen molar-refractivity contribution in [2.45, 2.75) is 32.9 Å². The normalized spacial score (nSPS) is 16.4. The number of aromatic nitrogens is 2. The summed E-state index contributed by atoms with van der Waals surface area (Å²) in [4.78, 5) is 12.3. The summed E-state index contributed by atoms with van der Waals surface area (Å²) < 4.78 is 7.52. The number of para-hydroxylation sites is 1. The van der Waals surface area contributed by atoms with Crippen LogP contribution < -0.4 is 10.1 Å². The van der Waals surface area contributed by atoms with Crippen LogP contribution in [0.3, 0.4) is 0 Å². The average Bonchev–Trinajstić information content (AvgIpc) is 2.99. The van der Waals surface area contributed by atoms with Gasteiger partial charge in [-0.25, -0.2) is 0 Å². The van der Waals surface area contributed by atoms with Gasteiger partial charge in [-0.05, 0) is 25.5 Å². The molecule has 1 atom stereocenters.